The summed E-state index contributed by atoms with van der Waals surface area (Å²) in [6, 6.07) is 3.45. The van der Waals surface area contributed by atoms with E-state index in [1.165, 1.54) is 32.4 Å². The molecule has 6 nitrogen and oxygen atoms in total. The van der Waals surface area contributed by atoms with Crippen LogP contribution in [0.1, 0.15) is 25.0 Å². The highest BCUT2D eigenvalue weighted by Crippen LogP contribution is 2.11. The van der Waals surface area contributed by atoms with Crippen molar-refractivity contribution in [2.45, 2.75) is 19.3 Å². The molecule has 104 valence electrons. The number of nitrogens with two attached hydrogens (primary N) is 1. The first kappa shape index (κ1) is 13.6. The molecule has 1 fully saturated rings. The van der Waals surface area contributed by atoms with Crippen molar-refractivity contribution in [1.82, 2.24) is 9.88 Å². The topological polar surface area (TPSA) is 84.0 Å². The summed E-state index contributed by atoms with van der Waals surface area (Å²) >= 11 is 0. The van der Waals surface area contributed by atoms with Gasteiger partial charge in [0.25, 0.3) is 0 Å². The number of likely N-dealkylation sites (tertiary alicyclic amines) is 1. The van der Waals surface area contributed by atoms with Crippen molar-refractivity contribution < 1.29 is 9.94 Å². The van der Waals surface area contributed by atoms with Gasteiger partial charge in [-0.1, -0.05) is 11.6 Å². The maximum Gasteiger partial charge on any atom is 0.188 e. The van der Waals surface area contributed by atoms with Gasteiger partial charge in [0.15, 0.2) is 5.84 Å². The maximum absolute atomic E-state index is 8.53. The molecule has 1 aliphatic rings. The van der Waals surface area contributed by atoms with Crippen LogP contribution in [0.15, 0.2) is 23.5 Å². The number of hydrogen-bond donors (Lipinski definition) is 2. The Morgan fingerprint density at radius 3 is 2.79 bits per heavy atom. The fourth-order valence-corrected chi connectivity index (χ4v) is 2.14. The van der Waals surface area contributed by atoms with Crippen LogP contribution in [-0.2, 0) is 0 Å². The highest BCUT2D eigenvalue weighted by Gasteiger charge is 2.09. The molecule has 0 radical (unpaired) electrons. The van der Waals surface area contributed by atoms with Crippen molar-refractivity contribution in [1.29, 1.82) is 0 Å². The van der Waals surface area contributed by atoms with Crippen LogP contribution in [0.4, 0.5) is 0 Å². The highest BCUT2D eigenvalue weighted by molar-refractivity contribution is 5.95. The molecule has 1 saturated heterocycles. The van der Waals surface area contributed by atoms with E-state index in [2.05, 4.69) is 15.0 Å². The van der Waals surface area contributed by atoms with Gasteiger partial charge in [-0.05, 0) is 38.1 Å². The maximum atomic E-state index is 8.53. The number of piperidine rings is 1. The van der Waals surface area contributed by atoms with Crippen molar-refractivity contribution in [3.8, 4) is 5.75 Å². The zero-order chi connectivity index (χ0) is 13.5. The number of hydrogen-bond acceptors (Lipinski definition) is 5. The van der Waals surface area contributed by atoms with Crippen LogP contribution in [0.5, 0.6) is 5.75 Å². The lowest BCUT2D eigenvalue weighted by Crippen LogP contribution is -2.33. The van der Waals surface area contributed by atoms with Gasteiger partial charge >= 0.3 is 0 Å². The van der Waals surface area contributed by atoms with Crippen molar-refractivity contribution in [2.75, 3.05) is 26.2 Å². The lowest BCUT2D eigenvalue weighted by molar-refractivity contribution is 0.183. The Kier molecular flexibility index (Phi) is 4.97. The van der Waals surface area contributed by atoms with E-state index in [-0.39, 0.29) is 5.84 Å². The summed E-state index contributed by atoms with van der Waals surface area (Å²) in [5.41, 5.74) is 5.87. The Morgan fingerprint density at radius 1 is 1.37 bits per heavy atom. The Bertz CT molecular complexity index is 413. The number of amidine groups is 1. The van der Waals surface area contributed by atoms with Crippen LogP contribution >= 0.6 is 0 Å². The summed E-state index contributed by atoms with van der Waals surface area (Å²) in [6.45, 7) is 3.95. The van der Waals surface area contributed by atoms with Crippen molar-refractivity contribution >= 4 is 5.84 Å². The predicted molar refractivity (Wildman–Crippen MR) is 72.5 cm³/mol. The largest absolute Gasteiger partial charge is 0.491 e. The minimum Gasteiger partial charge on any atom is -0.491 e. The van der Waals surface area contributed by atoms with Crippen molar-refractivity contribution in [2.24, 2.45) is 10.9 Å². The lowest BCUT2D eigenvalue weighted by atomic mass is 10.1. The molecule has 0 bridgehead atoms. The number of ether oxygens (including phenoxy) is 1. The summed E-state index contributed by atoms with van der Waals surface area (Å²) in [6.07, 6.45) is 5.51. The second kappa shape index (κ2) is 6.94. The minimum absolute atomic E-state index is 0.000123. The summed E-state index contributed by atoms with van der Waals surface area (Å²) in [5.74, 6) is 0.700. The third-order valence-corrected chi connectivity index (χ3v) is 3.23. The van der Waals surface area contributed by atoms with Crippen molar-refractivity contribution in [3.05, 3.63) is 24.0 Å². The minimum atomic E-state index is -0.000123. The van der Waals surface area contributed by atoms with Gasteiger partial charge in [-0.3, -0.25) is 4.90 Å². The van der Waals surface area contributed by atoms with Gasteiger partial charge in [0.1, 0.15) is 18.1 Å². The molecule has 1 aromatic rings. The van der Waals surface area contributed by atoms with E-state index in [1.807, 2.05) is 0 Å². The van der Waals surface area contributed by atoms with Gasteiger partial charge in [0.2, 0.25) is 0 Å². The average molecular weight is 264 g/mol. The molecule has 0 unspecified atom stereocenters. The molecule has 0 saturated carbocycles. The standard InChI is InChI=1S/C13H20N4O2/c14-13(16-18)12-5-4-11(10-15-12)19-9-8-17-6-2-1-3-7-17/h4-5,10,18H,1-3,6-9H2,(H2,14,16). The molecule has 0 atom stereocenters. The zero-order valence-electron chi connectivity index (χ0n) is 11.0. The Labute approximate surface area is 112 Å². The van der Waals surface area contributed by atoms with Crippen LogP contribution in [0.25, 0.3) is 0 Å². The van der Waals surface area contributed by atoms with Gasteiger partial charge in [-0.15, -0.1) is 0 Å². The average Bonchev–Trinajstić information content (AvgIpc) is 2.48. The summed E-state index contributed by atoms with van der Waals surface area (Å²) in [7, 11) is 0. The van der Waals surface area contributed by atoms with E-state index in [1.54, 1.807) is 18.3 Å². The summed E-state index contributed by atoms with van der Waals surface area (Å²) in [5, 5.41) is 11.4. The van der Waals surface area contributed by atoms with Crippen molar-refractivity contribution in [3.63, 3.8) is 0 Å². The number of rotatable bonds is 5. The van der Waals surface area contributed by atoms with E-state index in [0.717, 1.165) is 6.54 Å². The SMILES string of the molecule is N/C(=N/O)c1ccc(OCCN2CCCCC2)cn1. The molecule has 0 amide bonds. The van der Waals surface area contributed by atoms with Gasteiger partial charge in [0.05, 0.1) is 6.20 Å². The molecule has 1 aromatic heterocycles. The van der Waals surface area contributed by atoms with E-state index >= 15 is 0 Å². The Morgan fingerprint density at radius 2 is 2.16 bits per heavy atom. The zero-order valence-corrected chi connectivity index (χ0v) is 11.0. The molecule has 3 N–H and O–H groups in total. The van der Waals surface area contributed by atoms with E-state index < -0.39 is 0 Å². The molecular formula is C13H20N4O2. The third-order valence-electron chi connectivity index (χ3n) is 3.23. The second-order valence-electron chi connectivity index (χ2n) is 4.62. The molecule has 19 heavy (non-hydrogen) atoms. The van der Waals surface area contributed by atoms with Gasteiger partial charge in [-0.25, -0.2) is 4.98 Å². The first-order chi connectivity index (χ1) is 9.29. The number of nitrogens with zero attached hydrogens (tertiary/aromatic N) is 3. The van der Waals surface area contributed by atoms with Crippen LogP contribution in [0.3, 0.4) is 0 Å². The monoisotopic (exact) mass is 264 g/mol. The van der Waals surface area contributed by atoms with Gasteiger partial charge in [0, 0.05) is 6.54 Å². The number of aromatic nitrogens is 1. The molecule has 2 heterocycles. The molecule has 6 heteroatoms. The normalized spacial score (nSPS) is 17.4. The van der Waals surface area contributed by atoms with E-state index in [4.69, 9.17) is 15.7 Å². The molecule has 2 rings (SSSR count). The Balaban J connectivity index is 1.76. The quantitative estimate of drug-likeness (QED) is 0.359. The first-order valence-electron chi connectivity index (χ1n) is 6.58. The van der Waals surface area contributed by atoms with E-state index in [0.29, 0.717) is 18.1 Å². The van der Waals surface area contributed by atoms with Crippen LogP contribution in [0, 0.1) is 0 Å². The fourth-order valence-electron chi connectivity index (χ4n) is 2.14. The van der Waals surface area contributed by atoms with Crippen LogP contribution < -0.4 is 10.5 Å². The highest BCUT2D eigenvalue weighted by atomic mass is 16.5. The first-order valence-corrected chi connectivity index (χ1v) is 6.58. The van der Waals surface area contributed by atoms with Gasteiger partial charge in [-0.2, -0.15) is 0 Å². The second-order valence-corrected chi connectivity index (χ2v) is 4.62. The predicted octanol–water partition coefficient (Wildman–Crippen LogP) is 1.04. The third kappa shape index (κ3) is 4.10. The molecule has 0 spiro atoms. The fraction of sp³-hybridized carbons (Fsp3) is 0.538. The Hall–Kier alpha value is -1.82. The van der Waals surface area contributed by atoms with Crippen LogP contribution in [-0.4, -0.2) is 47.2 Å². The summed E-state index contributed by atoms with van der Waals surface area (Å²) in [4.78, 5) is 6.48. The lowest BCUT2D eigenvalue weighted by Gasteiger charge is -2.26. The summed E-state index contributed by atoms with van der Waals surface area (Å²) < 4.78 is 5.63. The molecule has 1 aliphatic heterocycles. The van der Waals surface area contributed by atoms with Gasteiger partial charge < -0.3 is 15.7 Å². The number of pyridine rings is 1. The van der Waals surface area contributed by atoms with E-state index in [9.17, 15) is 0 Å². The smallest absolute Gasteiger partial charge is 0.188 e. The molecule has 0 aromatic carbocycles. The molecular weight excluding hydrogens is 244 g/mol. The van der Waals surface area contributed by atoms with Crippen LogP contribution in [0.2, 0.25) is 0 Å². The number of oxime groups is 1. The molecule has 0 aliphatic carbocycles.